The van der Waals surface area contributed by atoms with Crippen LogP contribution in [0.2, 0.25) is 10.0 Å². The second-order valence-electron chi connectivity index (χ2n) is 10.0. The Hall–Kier alpha value is -2.38. The standard InChI is InChI=1S/C28H31Cl2N3O3/c29-24-6-5-18(14-25(24)30)13-19-7-10-33(16-20(19)17-34)21-8-11-32(12-9-21)28(36)23-15-27(35)31-26-4-2-1-3-22(23)26/h1-6,14-15,19-21,34H,7-13,16-17H2,(H,31,35)/t19?,20-/m0/s1. The van der Waals surface area contributed by atoms with Crippen LogP contribution in [-0.4, -0.2) is 69.7 Å². The van der Waals surface area contributed by atoms with E-state index in [2.05, 4.69) is 9.88 Å². The topological polar surface area (TPSA) is 76.9 Å². The van der Waals surface area contributed by atoms with Gasteiger partial charge in [0.1, 0.15) is 0 Å². The van der Waals surface area contributed by atoms with Crippen LogP contribution in [0, 0.1) is 11.8 Å². The van der Waals surface area contributed by atoms with Gasteiger partial charge in [0.2, 0.25) is 5.88 Å². The zero-order valence-corrected chi connectivity index (χ0v) is 21.6. The minimum atomic E-state index is -0.134. The third-order valence-electron chi connectivity index (χ3n) is 7.84. The number of aliphatic hydroxyl groups is 1. The lowest BCUT2D eigenvalue weighted by Gasteiger charge is -2.44. The van der Waals surface area contributed by atoms with Crippen LogP contribution < -0.4 is 0 Å². The highest BCUT2D eigenvalue weighted by atomic mass is 35.5. The molecular formula is C28H31Cl2N3O3. The van der Waals surface area contributed by atoms with Gasteiger partial charge in [0.05, 0.1) is 21.1 Å². The summed E-state index contributed by atoms with van der Waals surface area (Å²) in [6.45, 7) is 3.37. The normalized spacial score (nSPS) is 21.7. The lowest BCUT2D eigenvalue weighted by molar-refractivity contribution is 0.0242. The van der Waals surface area contributed by atoms with Gasteiger partial charge >= 0.3 is 0 Å². The van der Waals surface area contributed by atoms with Gasteiger partial charge in [-0.1, -0.05) is 47.5 Å². The third-order valence-corrected chi connectivity index (χ3v) is 8.58. The first-order chi connectivity index (χ1) is 17.4. The van der Waals surface area contributed by atoms with Gasteiger partial charge in [0.25, 0.3) is 5.91 Å². The van der Waals surface area contributed by atoms with Gasteiger partial charge in [-0.2, -0.15) is 0 Å². The van der Waals surface area contributed by atoms with Crippen LogP contribution in [0.25, 0.3) is 10.9 Å². The van der Waals surface area contributed by atoms with Crippen molar-refractivity contribution in [3.05, 3.63) is 69.7 Å². The van der Waals surface area contributed by atoms with Crippen molar-refractivity contribution in [2.75, 3.05) is 32.8 Å². The van der Waals surface area contributed by atoms with Gasteiger partial charge in [0, 0.05) is 43.7 Å². The Morgan fingerprint density at radius 1 is 0.972 bits per heavy atom. The first kappa shape index (κ1) is 25.3. The van der Waals surface area contributed by atoms with Crippen molar-refractivity contribution in [3.63, 3.8) is 0 Å². The SMILES string of the molecule is O=C(c1cc(O)nc2ccccc12)N1CCC(N2CCC(Cc3ccc(Cl)c(Cl)c3)[C@H](CO)C2)CC1. The van der Waals surface area contributed by atoms with Crippen LogP contribution in [0.15, 0.2) is 48.5 Å². The highest BCUT2D eigenvalue weighted by Crippen LogP contribution is 2.32. The van der Waals surface area contributed by atoms with Crippen molar-refractivity contribution in [2.45, 2.75) is 31.7 Å². The molecule has 190 valence electrons. The van der Waals surface area contributed by atoms with Crippen molar-refractivity contribution in [1.82, 2.24) is 14.8 Å². The molecule has 5 rings (SSSR count). The molecule has 0 aliphatic carbocycles. The van der Waals surface area contributed by atoms with Gasteiger partial charge in [0.15, 0.2) is 0 Å². The maximum atomic E-state index is 13.3. The number of piperidine rings is 2. The number of aromatic nitrogens is 1. The summed E-state index contributed by atoms with van der Waals surface area (Å²) < 4.78 is 0. The molecular weight excluding hydrogens is 497 g/mol. The zero-order valence-electron chi connectivity index (χ0n) is 20.1. The Balaban J connectivity index is 1.19. The number of likely N-dealkylation sites (tertiary alicyclic amines) is 2. The second kappa shape index (κ2) is 10.9. The zero-order chi connectivity index (χ0) is 25.2. The van der Waals surface area contributed by atoms with Crippen molar-refractivity contribution in [1.29, 1.82) is 0 Å². The Morgan fingerprint density at radius 3 is 2.50 bits per heavy atom. The van der Waals surface area contributed by atoms with E-state index in [1.54, 1.807) is 6.07 Å². The van der Waals surface area contributed by atoms with Crippen LogP contribution in [0.3, 0.4) is 0 Å². The molecule has 2 fully saturated rings. The minimum Gasteiger partial charge on any atom is -0.493 e. The fourth-order valence-electron chi connectivity index (χ4n) is 5.83. The summed E-state index contributed by atoms with van der Waals surface area (Å²) in [6, 6.07) is 15.1. The molecule has 1 aromatic heterocycles. The van der Waals surface area contributed by atoms with E-state index in [0.29, 0.717) is 46.2 Å². The number of carbonyl (C=O) groups is 1. The molecule has 2 N–H and O–H groups in total. The molecule has 6 nitrogen and oxygen atoms in total. The molecule has 2 aromatic carbocycles. The largest absolute Gasteiger partial charge is 0.493 e. The van der Waals surface area contributed by atoms with Crippen LogP contribution in [-0.2, 0) is 6.42 Å². The van der Waals surface area contributed by atoms with Crippen LogP contribution in [0.1, 0.15) is 35.2 Å². The average molecular weight is 528 g/mol. The van der Waals surface area contributed by atoms with Gasteiger partial charge in [-0.15, -0.1) is 0 Å². The quantitative estimate of drug-likeness (QED) is 0.486. The maximum absolute atomic E-state index is 13.3. The Morgan fingerprint density at radius 2 is 1.75 bits per heavy atom. The van der Waals surface area contributed by atoms with Gasteiger partial charge < -0.3 is 15.1 Å². The molecule has 8 heteroatoms. The van der Waals surface area contributed by atoms with Crippen molar-refractivity contribution in [3.8, 4) is 5.88 Å². The summed E-state index contributed by atoms with van der Waals surface area (Å²) >= 11 is 12.3. The summed E-state index contributed by atoms with van der Waals surface area (Å²) in [6.07, 6.45) is 3.70. The number of carbonyl (C=O) groups excluding carboxylic acids is 1. The fraction of sp³-hybridized carbons (Fsp3) is 0.429. The second-order valence-corrected chi connectivity index (χ2v) is 10.8. The van der Waals surface area contributed by atoms with Crippen molar-refractivity contribution >= 4 is 40.0 Å². The van der Waals surface area contributed by atoms with Crippen molar-refractivity contribution in [2.24, 2.45) is 11.8 Å². The summed E-state index contributed by atoms with van der Waals surface area (Å²) in [5, 5.41) is 22.1. The number of hydrogen-bond acceptors (Lipinski definition) is 5. The molecule has 2 aliphatic rings. The molecule has 3 heterocycles. The summed E-state index contributed by atoms with van der Waals surface area (Å²) in [5.74, 6) is 0.415. The number of pyridine rings is 1. The summed E-state index contributed by atoms with van der Waals surface area (Å²) in [7, 11) is 0. The van der Waals surface area contributed by atoms with E-state index in [4.69, 9.17) is 23.2 Å². The molecule has 2 atom stereocenters. The smallest absolute Gasteiger partial charge is 0.254 e. The molecule has 0 radical (unpaired) electrons. The number of rotatable bonds is 5. The molecule has 1 amide bonds. The summed E-state index contributed by atoms with van der Waals surface area (Å²) in [5.41, 5.74) is 2.28. The number of benzene rings is 2. The number of aromatic hydroxyl groups is 1. The first-order valence-corrected chi connectivity index (χ1v) is 13.4. The van der Waals surface area contributed by atoms with E-state index in [1.165, 1.54) is 6.07 Å². The molecule has 36 heavy (non-hydrogen) atoms. The lowest BCUT2D eigenvalue weighted by Crippen LogP contribution is -2.52. The van der Waals surface area contributed by atoms with Gasteiger partial charge in [-0.3, -0.25) is 9.69 Å². The fourth-order valence-corrected chi connectivity index (χ4v) is 6.15. The van der Waals surface area contributed by atoms with Crippen LogP contribution >= 0.6 is 23.2 Å². The number of para-hydroxylation sites is 1. The molecule has 0 spiro atoms. The van der Waals surface area contributed by atoms with E-state index in [-0.39, 0.29) is 24.3 Å². The van der Waals surface area contributed by atoms with E-state index >= 15 is 0 Å². The Bertz CT molecular complexity index is 1250. The Labute approximate surface area is 221 Å². The molecule has 3 aromatic rings. The van der Waals surface area contributed by atoms with Gasteiger partial charge in [-0.25, -0.2) is 4.98 Å². The lowest BCUT2D eigenvalue weighted by atomic mass is 9.80. The van der Waals surface area contributed by atoms with E-state index < -0.39 is 0 Å². The highest BCUT2D eigenvalue weighted by molar-refractivity contribution is 6.42. The first-order valence-electron chi connectivity index (χ1n) is 12.6. The van der Waals surface area contributed by atoms with Gasteiger partial charge in [-0.05, 0) is 67.8 Å². The van der Waals surface area contributed by atoms with E-state index in [0.717, 1.165) is 49.7 Å². The monoisotopic (exact) mass is 527 g/mol. The minimum absolute atomic E-state index is 0.0593. The van der Waals surface area contributed by atoms with Crippen LogP contribution in [0.4, 0.5) is 0 Å². The predicted molar refractivity (Wildman–Crippen MR) is 143 cm³/mol. The number of nitrogens with zero attached hydrogens (tertiary/aromatic N) is 3. The molecule has 2 aliphatic heterocycles. The number of halogens is 2. The van der Waals surface area contributed by atoms with E-state index in [9.17, 15) is 15.0 Å². The molecule has 1 unspecified atom stereocenters. The highest BCUT2D eigenvalue weighted by Gasteiger charge is 2.34. The van der Waals surface area contributed by atoms with E-state index in [1.807, 2.05) is 41.3 Å². The van der Waals surface area contributed by atoms with Crippen molar-refractivity contribution < 1.29 is 15.0 Å². The summed E-state index contributed by atoms with van der Waals surface area (Å²) in [4.78, 5) is 21.9. The number of hydrogen-bond donors (Lipinski definition) is 2. The maximum Gasteiger partial charge on any atom is 0.254 e. The third kappa shape index (κ3) is 5.32. The predicted octanol–water partition coefficient (Wildman–Crippen LogP) is 5.02. The van der Waals surface area contributed by atoms with Crippen LogP contribution in [0.5, 0.6) is 5.88 Å². The Kier molecular flexibility index (Phi) is 7.68. The molecule has 2 saturated heterocycles. The average Bonchev–Trinajstić information content (AvgIpc) is 2.90. The molecule has 0 saturated carbocycles. The molecule has 0 bridgehead atoms. The number of fused-ring (bicyclic) bond motifs is 1. The number of aliphatic hydroxyl groups excluding tert-OH is 1. The number of amides is 1.